The summed E-state index contributed by atoms with van der Waals surface area (Å²) in [4.78, 5) is 27.1. The molecule has 0 radical (unpaired) electrons. The Morgan fingerprint density at radius 3 is 2.56 bits per heavy atom. The zero-order valence-corrected chi connectivity index (χ0v) is 16.9. The minimum atomic E-state index is -0.374. The van der Waals surface area contributed by atoms with E-state index in [0.29, 0.717) is 11.6 Å². The molecule has 5 heteroatoms. The molecule has 1 atom stereocenters. The van der Waals surface area contributed by atoms with Crippen LogP contribution in [0.2, 0.25) is 5.02 Å². The van der Waals surface area contributed by atoms with E-state index in [0.717, 1.165) is 22.5 Å². The van der Waals surface area contributed by atoms with Crippen LogP contribution in [0.5, 0.6) is 0 Å². The van der Waals surface area contributed by atoms with Gasteiger partial charge in [-0.05, 0) is 47.7 Å². The van der Waals surface area contributed by atoms with Gasteiger partial charge in [0.15, 0.2) is 0 Å². The summed E-state index contributed by atoms with van der Waals surface area (Å²) in [5, 5.41) is 3.57. The average molecular weight is 385 g/mol. The minimum Gasteiger partial charge on any atom is -0.326 e. The van der Waals surface area contributed by atoms with Gasteiger partial charge in [-0.25, -0.2) is 0 Å². The largest absolute Gasteiger partial charge is 0.326 e. The number of carbonyl (C=O) groups is 2. The molecule has 1 saturated heterocycles. The van der Waals surface area contributed by atoms with Crippen molar-refractivity contribution in [2.75, 3.05) is 16.8 Å². The summed E-state index contributed by atoms with van der Waals surface area (Å²) < 4.78 is 0. The topological polar surface area (TPSA) is 49.4 Å². The Balaban J connectivity index is 1.79. The smallest absolute Gasteiger partial charge is 0.229 e. The van der Waals surface area contributed by atoms with E-state index in [1.807, 2.05) is 37.3 Å². The van der Waals surface area contributed by atoms with E-state index in [-0.39, 0.29) is 29.6 Å². The quantitative estimate of drug-likeness (QED) is 0.814. The number of benzene rings is 2. The summed E-state index contributed by atoms with van der Waals surface area (Å²) in [6, 6.07) is 13.3. The van der Waals surface area contributed by atoms with Crippen LogP contribution in [0.3, 0.4) is 0 Å². The lowest BCUT2D eigenvalue weighted by Crippen LogP contribution is -2.30. The zero-order chi connectivity index (χ0) is 19.8. The van der Waals surface area contributed by atoms with Crippen LogP contribution in [-0.2, 0) is 15.0 Å². The maximum atomic E-state index is 12.7. The van der Waals surface area contributed by atoms with Crippen LogP contribution in [0.15, 0.2) is 42.5 Å². The van der Waals surface area contributed by atoms with E-state index in [9.17, 15) is 9.59 Å². The molecule has 1 fully saturated rings. The molecular formula is C22H25ClN2O2. The molecule has 0 spiro atoms. The Bertz CT molecular complexity index is 886. The highest BCUT2D eigenvalue weighted by Gasteiger charge is 2.37. The van der Waals surface area contributed by atoms with Crippen molar-refractivity contribution < 1.29 is 9.59 Å². The lowest BCUT2D eigenvalue weighted by atomic mass is 9.85. The van der Waals surface area contributed by atoms with Crippen molar-refractivity contribution in [1.82, 2.24) is 0 Å². The first-order chi connectivity index (χ1) is 12.7. The third-order valence-electron chi connectivity index (χ3n) is 4.95. The first kappa shape index (κ1) is 19.4. The second-order valence-corrected chi connectivity index (χ2v) is 8.56. The fourth-order valence-electron chi connectivity index (χ4n) is 3.46. The van der Waals surface area contributed by atoms with Gasteiger partial charge in [0.2, 0.25) is 11.8 Å². The predicted molar refractivity (Wildman–Crippen MR) is 110 cm³/mol. The fourth-order valence-corrected chi connectivity index (χ4v) is 3.69. The van der Waals surface area contributed by atoms with E-state index in [4.69, 9.17) is 11.6 Å². The molecular weight excluding hydrogens is 360 g/mol. The number of hydrogen-bond donors (Lipinski definition) is 1. The summed E-state index contributed by atoms with van der Waals surface area (Å²) in [6.45, 7) is 8.66. The summed E-state index contributed by atoms with van der Waals surface area (Å²) in [6.07, 6.45) is 0.219. The number of rotatable bonds is 3. The number of aryl methyl sites for hydroxylation is 1. The van der Waals surface area contributed by atoms with Crippen LogP contribution < -0.4 is 10.2 Å². The third kappa shape index (κ3) is 4.16. The van der Waals surface area contributed by atoms with Crippen LogP contribution in [0.1, 0.15) is 38.3 Å². The van der Waals surface area contributed by atoms with Crippen LogP contribution in [0.4, 0.5) is 11.4 Å². The van der Waals surface area contributed by atoms with Crippen molar-refractivity contribution in [3.63, 3.8) is 0 Å². The number of nitrogens with one attached hydrogen (secondary N) is 1. The molecule has 0 bridgehead atoms. The highest BCUT2D eigenvalue weighted by Crippen LogP contribution is 2.35. The molecule has 3 rings (SSSR count). The lowest BCUT2D eigenvalue weighted by Gasteiger charge is -2.27. The maximum Gasteiger partial charge on any atom is 0.229 e. The van der Waals surface area contributed by atoms with Gasteiger partial charge in [0.05, 0.1) is 5.92 Å². The van der Waals surface area contributed by atoms with Crippen molar-refractivity contribution in [2.45, 2.75) is 39.5 Å². The number of para-hydroxylation sites is 1. The molecule has 0 aliphatic carbocycles. The Labute approximate surface area is 165 Å². The monoisotopic (exact) mass is 384 g/mol. The minimum absolute atomic E-state index is 0.0142. The fraction of sp³-hybridized carbons (Fsp3) is 0.364. The zero-order valence-electron chi connectivity index (χ0n) is 16.2. The Morgan fingerprint density at radius 1 is 1.19 bits per heavy atom. The molecule has 1 aliphatic heterocycles. The number of nitrogens with zero attached hydrogens (tertiary/aromatic N) is 1. The Kier molecular flexibility index (Phi) is 5.29. The van der Waals surface area contributed by atoms with Crippen molar-refractivity contribution >= 4 is 34.8 Å². The van der Waals surface area contributed by atoms with Gasteiger partial charge in [-0.1, -0.05) is 50.6 Å². The van der Waals surface area contributed by atoms with Crippen molar-refractivity contribution in [3.8, 4) is 0 Å². The van der Waals surface area contributed by atoms with Gasteiger partial charge >= 0.3 is 0 Å². The Morgan fingerprint density at radius 2 is 1.89 bits per heavy atom. The molecule has 1 unspecified atom stereocenters. The number of anilines is 2. The van der Waals surface area contributed by atoms with Gasteiger partial charge in [0.1, 0.15) is 0 Å². The van der Waals surface area contributed by atoms with Gasteiger partial charge in [-0.3, -0.25) is 9.59 Å². The molecule has 27 heavy (non-hydrogen) atoms. The number of amides is 2. The molecule has 0 saturated carbocycles. The summed E-state index contributed by atoms with van der Waals surface area (Å²) in [7, 11) is 0. The van der Waals surface area contributed by atoms with E-state index in [2.05, 4.69) is 26.1 Å². The van der Waals surface area contributed by atoms with Crippen LogP contribution in [-0.4, -0.2) is 18.4 Å². The molecule has 1 aliphatic rings. The van der Waals surface area contributed by atoms with Crippen LogP contribution >= 0.6 is 11.6 Å². The van der Waals surface area contributed by atoms with Crippen LogP contribution in [0, 0.1) is 12.8 Å². The van der Waals surface area contributed by atoms with Crippen molar-refractivity contribution in [3.05, 3.63) is 58.6 Å². The first-order valence-corrected chi connectivity index (χ1v) is 9.51. The predicted octanol–water partition coefficient (Wildman–Crippen LogP) is 4.94. The number of hydrogen-bond acceptors (Lipinski definition) is 2. The molecule has 2 amide bonds. The lowest BCUT2D eigenvalue weighted by molar-refractivity contribution is -0.122. The SMILES string of the molecule is Cc1cc(Cl)ccc1NC(=O)C1CC(=O)N(c2ccccc2C(C)(C)C)C1. The molecule has 1 heterocycles. The van der Waals surface area contributed by atoms with Gasteiger partial charge in [-0.15, -0.1) is 0 Å². The molecule has 0 aromatic heterocycles. The number of carbonyl (C=O) groups excluding carboxylic acids is 2. The first-order valence-electron chi connectivity index (χ1n) is 9.13. The highest BCUT2D eigenvalue weighted by atomic mass is 35.5. The maximum absolute atomic E-state index is 12.7. The van der Waals surface area contributed by atoms with E-state index in [1.165, 1.54) is 0 Å². The normalized spacial score (nSPS) is 17.3. The second kappa shape index (κ2) is 7.35. The van der Waals surface area contributed by atoms with E-state index in [1.54, 1.807) is 17.0 Å². The molecule has 1 N–H and O–H groups in total. The third-order valence-corrected chi connectivity index (χ3v) is 5.18. The molecule has 142 valence electrons. The standard InChI is InChI=1S/C22H25ClN2O2/c1-14-11-16(23)9-10-18(14)24-21(27)15-12-20(26)25(13-15)19-8-6-5-7-17(19)22(2,3)4/h5-11,15H,12-13H2,1-4H3,(H,24,27). The van der Waals surface area contributed by atoms with Crippen LogP contribution in [0.25, 0.3) is 0 Å². The second-order valence-electron chi connectivity index (χ2n) is 8.12. The average Bonchev–Trinajstić information content (AvgIpc) is 2.98. The molecule has 2 aromatic carbocycles. The summed E-state index contributed by atoms with van der Waals surface area (Å²) in [5.74, 6) is -0.523. The van der Waals surface area contributed by atoms with Crippen molar-refractivity contribution in [2.24, 2.45) is 5.92 Å². The van der Waals surface area contributed by atoms with Gasteiger partial charge in [0, 0.05) is 29.4 Å². The molecule has 2 aromatic rings. The highest BCUT2D eigenvalue weighted by molar-refractivity contribution is 6.30. The van der Waals surface area contributed by atoms with Gasteiger partial charge in [0.25, 0.3) is 0 Å². The number of halogens is 1. The van der Waals surface area contributed by atoms with Gasteiger partial charge in [-0.2, -0.15) is 0 Å². The molecule has 4 nitrogen and oxygen atoms in total. The van der Waals surface area contributed by atoms with E-state index < -0.39 is 0 Å². The van der Waals surface area contributed by atoms with Crippen molar-refractivity contribution in [1.29, 1.82) is 0 Å². The Hall–Kier alpha value is -2.33. The van der Waals surface area contributed by atoms with Gasteiger partial charge < -0.3 is 10.2 Å². The van der Waals surface area contributed by atoms with E-state index >= 15 is 0 Å². The summed E-state index contributed by atoms with van der Waals surface area (Å²) >= 11 is 5.97. The summed E-state index contributed by atoms with van der Waals surface area (Å²) in [5.41, 5.74) is 3.54.